The molecule has 2 heterocycles. The maximum absolute atomic E-state index is 13.0. The van der Waals surface area contributed by atoms with Gasteiger partial charge in [0.15, 0.2) is 0 Å². The van der Waals surface area contributed by atoms with Gasteiger partial charge in [-0.1, -0.05) is 18.2 Å². The summed E-state index contributed by atoms with van der Waals surface area (Å²) in [6.45, 7) is 0.552. The quantitative estimate of drug-likeness (QED) is 0.788. The lowest BCUT2D eigenvalue weighted by atomic mass is 10.1. The Hall–Kier alpha value is -2.34. The first kappa shape index (κ1) is 17.5. The number of aryl methyl sites for hydroxylation is 1. The number of methoxy groups -OCH3 is 1. The van der Waals surface area contributed by atoms with Gasteiger partial charge in [-0.05, 0) is 32.1 Å². The summed E-state index contributed by atoms with van der Waals surface area (Å²) < 4.78 is 6.94. The van der Waals surface area contributed by atoms with Crippen LogP contribution in [-0.4, -0.2) is 66.1 Å². The largest absolute Gasteiger partial charge is 0.467 e. The summed E-state index contributed by atoms with van der Waals surface area (Å²) in [4.78, 5) is 28.8. The molecule has 0 bridgehead atoms. The lowest BCUT2D eigenvalue weighted by Crippen LogP contribution is -2.42. The second kappa shape index (κ2) is 6.88. The van der Waals surface area contributed by atoms with Crippen LogP contribution in [-0.2, 0) is 27.8 Å². The number of benzene rings is 1. The van der Waals surface area contributed by atoms with Crippen molar-refractivity contribution in [2.24, 2.45) is 7.05 Å². The van der Waals surface area contributed by atoms with Crippen LogP contribution in [0.4, 0.5) is 0 Å². The number of likely N-dealkylation sites (tertiary alicyclic amines) is 1. The Balaban J connectivity index is 1.84. The van der Waals surface area contributed by atoms with Gasteiger partial charge in [0.05, 0.1) is 13.5 Å². The van der Waals surface area contributed by atoms with E-state index in [9.17, 15) is 9.59 Å². The highest BCUT2D eigenvalue weighted by Crippen LogP contribution is 2.25. The average Bonchev–Trinajstić information content (AvgIpc) is 3.17. The Morgan fingerprint density at radius 1 is 1.28 bits per heavy atom. The van der Waals surface area contributed by atoms with E-state index in [1.165, 1.54) is 7.11 Å². The molecule has 1 aromatic heterocycles. The van der Waals surface area contributed by atoms with Gasteiger partial charge in [0.2, 0.25) is 5.91 Å². The van der Waals surface area contributed by atoms with Gasteiger partial charge >= 0.3 is 5.97 Å². The number of hydrogen-bond acceptors (Lipinski definition) is 4. The predicted molar refractivity (Wildman–Crippen MR) is 96.2 cm³/mol. The fourth-order valence-electron chi connectivity index (χ4n) is 3.65. The number of aromatic nitrogens is 1. The van der Waals surface area contributed by atoms with Gasteiger partial charge in [-0.25, -0.2) is 4.79 Å². The molecule has 1 saturated heterocycles. The van der Waals surface area contributed by atoms with Crippen LogP contribution in [0.1, 0.15) is 12.0 Å². The van der Waals surface area contributed by atoms with Crippen LogP contribution >= 0.6 is 0 Å². The summed E-state index contributed by atoms with van der Waals surface area (Å²) in [7, 11) is 7.29. The molecule has 1 aromatic carbocycles. The van der Waals surface area contributed by atoms with Crippen LogP contribution in [0.2, 0.25) is 0 Å². The van der Waals surface area contributed by atoms with Gasteiger partial charge < -0.3 is 19.1 Å². The molecule has 1 amide bonds. The van der Waals surface area contributed by atoms with Crippen molar-refractivity contribution in [1.82, 2.24) is 14.4 Å². The van der Waals surface area contributed by atoms with Crippen LogP contribution in [0.3, 0.4) is 0 Å². The van der Waals surface area contributed by atoms with E-state index in [1.807, 2.05) is 56.2 Å². The minimum Gasteiger partial charge on any atom is -0.467 e. The van der Waals surface area contributed by atoms with E-state index in [0.717, 1.165) is 16.5 Å². The number of hydrogen-bond donors (Lipinski definition) is 0. The molecule has 0 unspecified atom stereocenters. The van der Waals surface area contributed by atoms with E-state index in [4.69, 9.17) is 4.74 Å². The smallest absolute Gasteiger partial charge is 0.328 e. The maximum Gasteiger partial charge on any atom is 0.328 e. The molecule has 1 aliphatic rings. The number of ether oxygens (including phenoxy) is 1. The Morgan fingerprint density at radius 2 is 2.00 bits per heavy atom. The molecular weight excluding hydrogens is 318 g/mol. The van der Waals surface area contributed by atoms with E-state index in [1.54, 1.807) is 4.90 Å². The van der Waals surface area contributed by atoms with Crippen molar-refractivity contribution >= 4 is 22.8 Å². The van der Waals surface area contributed by atoms with Crippen LogP contribution in [0.15, 0.2) is 30.5 Å². The third-order valence-electron chi connectivity index (χ3n) is 5.12. The highest BCUT2D eigenvalue weighted by atomic mass is 16.5. The van der Waals surface area contributed by atoms with Crippen LogP contribution in [0, 0.1) is 0 Å². The Kier molecular flexibility index (Phi) is 4.81. The van der Waals surface area contributed by atoms with Crippen LogP contribution < -0.4 is 0 Å². The molecule has 0 aliphatic carbocycles. The summed E-state index contributed by atoms with van der Waals surface area (Å²) in [5, 5.41) is 1.08. The van der Waals surface area contributed by atoms with Crippen molar-refractivity contribution in [1.29, 1.82) is 0 Å². The van der Waals surface area contributed by atoms with Crippen molar-refractivity contribution in [3.63, 3.8) is 0 Å². The molecule has 1 aliphatic heterocycles. The molecule has 3 rings (SSSR count). The van der Waals surface area contributed by atoms with Gasteiger partial charge in [0.1, 0.15) is 6.04 Å². The predicted octanol–water partition coefficient (Wildman–Crippen LogP) is 1.42. The lowest BCUT2D eigenvalue weighted by Gasteiger charge is -2.23. The zero-order chi connectivity index (χ0) is 18.1. The Morgan fingerprint density at radius 3 is 2.68 bits per heavy atom. The van der Waals surface area contributed by atoms with Crippen molar-refractivity contribution in [3.8, 4) is 0 Å². The number of fused-ring (bicyclic) bond motifs is 1. The fourth-order valence-corrected chi connectivity index (χ4v) is 3.65. The minimum absolute atomic E-state index is 0.0314. The molecule has 0 radical (unpaired) electrons. The first-order valence-electron chi connectivity index (χ1n) is 8.49. The highest BCUT2D eigenvalue weighted by Gasteiger charge is 2.40. The van der Waals surface area contributed by atoms with Gasteiger partial charge in [-0.3, -0.25) is 4.79 Å². The number of amides is 1. The summed E-state index contributed by atoms with van der Waals surface area (Å²) in [6.07, 6.45) is 2.89. The van der Waals surface area contributed by atoms with Gasteiger partial charge in [0.25, 0.3) is 0 Å². The topological polar surface area (TPSA) is 54.8 Å². The zero-order valence-electron chi connectivity index (χ0n) is 15.2. The number of carbonyl (C=O) groups is 2. The second-order valence-corrected chi connectivity index (χ2v) is 6.90. The lowest BCUT2D eigenvalue weighted by molar-refractivity contribution is -0.150. The third kappa shape index (κ3) is 3.26. The summed E-state index contributed by atoms with van der Waals surface area (Å²) in [6, 6.07) is 7.70. The van der Waals surface area contributed by atoms with Crippen molar-refractivity contribution in [2.45, 2.75) is 24.9 Å². The van der Waals surface area contributed by atoms with Crippen molar-refractivity contribution < 1.29 is 14.3 Å². The average molecular weight is 343 g/mol. The number of esters is 1. The Labute approximate surface area is 147 Å². The van der Waals surface area contributed by atoms with Crippen LogP contribution in [0.5, 0.6) is 0 Å². The third-order valence-corrected chi connectivity index (χ3v) is 5.12. The molecule has 0 N–H and O–H groups in total. The molecule has 6 heteroatoms. The van der Waals surface area contributed by atoms with Gasteiger partial charge in [-0.15, -0.1) is 0 Å². The molecule has 0 spiro atoms. The SMILES string of the molecule is COC(=O)[C@@H]1C[C@@H](N(C)C)CN1C(=O)Cc1cn(C)c2ccccc12. The fraction of sp³-hybridized carbons (Fsp3) is 0.474. The zero-order valence-corrected chi connectivity index (χ0v) is 15.2. The summed E-state index contributed by atoms with van der Waals surface area (Å²) in [5.74, 6) is -0.369. The number of nitrogens with zero attached hydrogens (tertiary/aromatic N) is 3. The van der Waals surface area contributed by atoms with E-state index < -0.39 is 6.04 Å². The van der Waals surface area contributed by atoms with E-state index in [0.29, 0.717) is 13.0 Å². The minimum atomic E-state index is -0.500. The van der Waals surface area contributed by atoms with E-state index >= 15 is 0 Å². The number of likely N-dealkylation sites (N-methyl/N-ethyl adjacent to an activating group) is 1. The van der Waals surface area contributed by atoms with Gasteiger partial charge in [-0.2, -0.15) is 0 Å². The van der Waals surface area contributed by atoms with Crippen molar-refractivity contribution in [3.05, 3.63) is 36.0 Å². The van der Waals surface area contributed by atoms with E-state index in [2.05, 4.69) is 4.90 Å². The monoisotopic (exact) mass is 343 g/mol. The second-order valence-electron chi connectivity index (χ2n) is 6.90. The molecular formula is C19H25N3O3. The number of carbonyl (C=O) groups excluding carboxylic acids is 2. The molecule has 2 aromatic rings. The summed E-state index contributed by atoms with van der Waals surface area (Å²) >= 11 is 0. The molecule has 25 heavy (non-hydrogen) atoms. The summed E-state index contributed by atoms with van der Waals surface area (Å²) in [5.41, 5.74) is 2.09. The first-order valence-corrected chi connectivity index (χ1v) is 8.49. The number of rotatable bonds is 4. The normalized spacial score (nSPS) is 20.4. The molecule has 2 atom stereocenters. The highest BCUT2D eigenvalue weighted by molar-refractivity contribution is 5.91. The molecule has 0 saturated carbocycles. The van der Waals surface area contributed by atoms with Crippen molar-refractivity contribution in [2.75, 3.05) is 27.7 Å². The molecule has 1 fully saturated rings. The van der Waals surface area contributed by atoms with Crippen LogP contribution in [0.25, 0.3) is 10.9 Å². The Bertz CT molecular complexity index is 796. The number of para-hydroxylation sites is 1. The first-order chi connectivity index (χ1) is 11.9. The standard InChI is InChI=1S/C19H25N3O3/c1-20(2)14-10-17(19(24)25-4)22(12-14)18(23)9-13-11-21(3)16-8-6-5-7-15(13)16/h5-8,11,14,17H,9-10,12H2,1-4H3/t14-,17+/m1/s1. The molecule has 134 valence electrons. The van der Waals surface area contributed by atoms with Gasteiger partial charge in [0, 0.05) is 36.7 Å². The maximum atomic E-state index is 13.0. The van der Waals surface area contributed by atoms with E-state index in [-0.39, 0.29) is 24.3 Å². The molecule has 6 nitrogen and oxygen atoms in total.